The maximum Gasteiger partial charge on any atom is 0.322 e. The average Bonchev–Trinajstić information content (AvgIpc) is 2.03. The highest BCUT2D eigenvalue weighted by Crippen LogP contribution is 1.83. The van der Waals surface area contributed by atoms with E-state index in [4.69, 9.17) is 22.0 Å². The lowest BCUT2D eigenvalue weighted by atomic mass is 10.3. The number of hydrogen-bond acceptors (Lipinski definition) is 4. The van der Waals surface area contributed by atoms with Gasteiger partial charge in [0.15, 0.2) is 0 Å². The molecule has 0 bridgehead atoms. The summed E-state index contributed by atoms with van der Waals surface area (Å²) in [6.07, 6.45) is 0. The summed E-state index contributed by atoms with van der Waals surface area (Å²) in [7, 11) is 0. The molecule has 70 valence electrons. The molecule has 0 aromatic heterocycles. The van der Waals surface area contributed by atoms with E-state index in [0.717, 1.165) is 0 Å². The molecule has 0 saturated heterocycles. The van der Waals surface area contributed by atoms with E-state index in [2.05, 4.69) is 0 Å². The Morgan fingerprint density at radius 2 is 2.08 bits per heavy atom. The molecule has 0 aliphatic carbocycles. The number of rotatable bonds is 5. The molecule has 4 N–H and O–H groups in total. The minimum absolute atomic E-state index is 0.491. The van der Waals surface area contributed by atoms with Crippen molar-refractivity contribution in [3.8, 4) is 0 Å². The van der Waals surface area contributed by atoms with Crippen LogP contribution in [0.2, 0.25) is 0 Å². The van der Waals surface area contributed by atoms with Crippen LogP contribution in [0.15, 0.2) is 0 Å². The van der Waals surface area contributed by atoms with Crippen molar-refractivity contribution < 1.29 is 19.8 Å². The predicted octanol–water partition coefficient (Wildman–Crippen LogP) is -1.71. The number of aliphatic carboxylic acids is 1. The zero-order valence-electron chi connectivity index (χ0n) is 6.08. The lowest BCUT2D eigenvalue weighted by molar-refractivity contribution is -0.138. The van der Waals surface area contributed by atoms with E-state index in [1.807, 2.05) is 10.2 Å². The molecule has 0 unspecified atom stereocenters. The Bertz CT molecular complexity index is 171. The zero-order chi connectivity index (χ0) is 9.56. The molecule has 0 radical (unpaired) electrons. The number of aliphatic hydroxyl groups excluding tert-OH is 1. The monoisotopic (exact) mass is 196 g/mol. The summed E-state index contributed by atoms with van der Waals surface area (Å²) in [6, 6.07) is -0.981. The van der Waals surface area contributed by atoms with Crippen LogP contribution in [0.1, 0.15) is 0 Å². The first-order valence-corrected chi connectivity index (χ1v) is 3.46. The summed E-state index contributed by atoms with van der Waals surface area (Å²) in [4.78, 5) is 22.8. The molecule has 6 nitrogen and oxygen atoms in total. The first-order chi connectivity index (χ1) is 5.61. The number of hydrogen-bond donors (Lipinski definition) is 4. The van der Waals surface area contributed by atoms with Gasteiger partial charge >= 0.3 is 5.97 Å². The van der Waals surface area contributed by atoms with Gasteiger partial charge in [0.05, 0.1) is 6.61 Å². The van der Waals surface area contributed by atoms with Gasteiger partial charge in [-0.3, -0.25) is 9.59 Å². The third-order valence-electron chi connectivity index (χ3n) is 1.04. The number of amides is 1. The maximum atomic E-state index is 10.8. The second-order valence-corrected chi connectivity index (χ2v) is 2.17. The van der Waals surface area contributed by atoms with Crippen molar-refractivity contribution in [2.24, 2.45) is 0 Å². The van der Waals surface area contributed by atoms with E-state index in [-0.39, 0.29) is 0 Å². The van der Waals surface area contributed by atoms with Crippen LogP contribution < -0.4 is 10.2 Å². The number of aliphatic hydroxyl groups is 1. The molecule has 1 amide bonds. The maximum absolute atomic E-state index is 10.8. The molecule has 0 aliphatic heterocycles. The van der Waals surface area contributed by atoms with Crippen LogP contribution >= 0.6 is 11.8 Å². The van der Waals surface area contributed by atoms with Crippen LogP contribution in [0.4, 0.5) is 0 Å². The summed E-state index contributed by atoms with van der Waals surface area (Å²) >= 11 is 5.06. The Morgan fingerprint density at radius 1 is 1.50 bits per heavy atom. The zero-order valence-corrected chi connectivity index (χ0v) is 6.84. The lowest BCUT2D eigenvalue weighted by Crippen LogP contribution is -2.44. The number of carboxylic acids is 1. The summed E-state index contributed by atoms with van der Waals surface area (Å²) in [5, 5.41) is 18.7. The van der Waals surface area contributed by atoms with E-state index in [1.54, 1.807) is 0 Å². The Morgan fingerprint density at radius 3 is 2.42 bits per heavy atom. The average molecular weight is 197 g/mol. The van der Waals surface area contributed by atoms with Crippen molar-refractivity contribution in [1.82, 2.24) is 10.2 Å². The quantitative estimate of drug-likeness (QED) is 0.393. The third kappa shape index (κ3) is 4.12. The standard InChI is InChI=1S/C5H9ClN2O4/c6-8-3(2-9)5(12)7-1-4(10)11/h3,8-9H,1-2H2,(H,7,12)(H,10,11)/t3-/m0/s1. The van der Waals surface area contributed by atoms with Crippen LogP contribution in [-0.2, 0) is 9.59 Å². The number of nitrogens with one attached hydrogen (secondary N) is 2. The largest absolute Gasteiger partial charge is 0.480 e. The minimum Gasteiger partial charge on any atom is -0.480 e. The minimum atomic E-state index is -1.16. The van der Waals surface area contributed by atoms with Crippen molar-refractivity contribution in [1.29, 1.82) is 0 Å². The van der Waals surface area contributed by atoms with Crippen molar-refractivity contribution in [2.45, 2.75) is 6.04 Å². The van der Waals surface area contributed by atoms with Crippen LogP contribution in [-0.4, -0.2) is 41.3 Å². The molecule has 0 rings (SSSR count). The fraction of sp³-hybridized carbons (Fsp3) is 0.600. The Balaban J connectivity index is 3.77. The number of halogens is 1. The van der Waals surface area contributed by atoms with Crippen molar-refractivity contribution in [3.63, 3.8) is 0 Å². The molecular weight excluding hydrogens is 188 g/mol. The van der Waals surface area contributed by atoms with Gasteiger partial charge in [0.25, 0.3) is 0 Å². The predicted molar refractivity (Wildman–Crippen MR) is 40.5 cm³/mol. The molecule has 0 heterocycles. The van der Waals surface area contributed by atoms with Gasteiger partial charge in [0.1, 0.15) is 12.6 Å². The lowest BCUT2D eigenvalue weighted by Gasteiger charge is -2.09. The molecule has 0 saturated carbocycles. The highest BCUT2D eigenvalue weighted by molar-refractivity contribution is 6.15. The van der Waals surface area contributed by atoms with Gasteiger partial charge in [0.2, 0.25) is 5.91 Å². The summed E-state index contributed by atoms with van der Waals surface area (Å²) in [5.41, 5.74) is 0. The Kier molecular flexibility index (Phi) is 5.35. The first kappa shape index (κ1) is 11.2. The fourth-order valence-corrected chi connectivity index (χ4v) is 0.621. The molecule has 0 aromatic rings. The molecule has 1 atom stereocenters. The summed E-state index contributed by atoms with van der Waals surface area (Å²) in [5.74, 6) is -1.82. The molecule has 0 aromatic carbocycles. The van der Waals surface area contributed by atoms with Crippen LogP contribution in [0, 0.1) is 0 Å². The van der Waals surface area contributed by atoms with Gasteiger partial charge in [-0.25, -0.2) is 4.84 Å². The van der Waals surface area contributed by atoms with Gasteiger partial charge in [-0.15, -0.1) is 0 Å². The third-order valence-corrected chi connectivity index (χ3v) is 1.31. The molecule has 0 fully saturated rings. The van der Waals surface area contributed by atoms with Crippen molar-refractivity contribution in [3.05, 3.63) is 0 Å². The first-order valence-electron chi connectivity index (χ1n) is 3.08. The highest BCUT2D eigenvalue weighted by atomic mass is 35.5. The van der Waals surface area contributed by atoms with E-state index < -0.39 is 31.1 Å². The van der Waals surface area contributed by atoms with Gasteiger partial charge in [-0.05, 0) is 11.8 Å². The molecule has 0 spiro atoms. The molecule has 7 heteroatoms. The van der Waals surface area contributed by atoms with Crippen LogP contribution in [0.25, 0.3) is 0 Å². The number of carboxylic acid groups (broad SMARTS) is 1. The van der Waals surface area contributed by atoms with Crippen LogP contribution in [0.3, 0.4) is 0 Å². The Labute approximate surface area is 73.6 Å². The second-order valence-electron chi connectivity index (χ2n) is 1.96. The topological polar surface area (TPSA) is 98.7 Å². The van der Waals surface area contributed by atoms with E-state index >= 15 is 0 Å². The molecular formula is C5H9ClN2O4. The number of carbonyl (C=O) groups is 2. The summed E-state index contributed by atoms with van der Waals surface area (Å²) in [6.45, 7) is -0.983. The van der Waals surface area contributed by atoms with Gasteiger partial charge in [-0.1, -0.05) is 0 Å². The van der Waals surface area contributed by atoms with Gasteiger partial charge in [0, 0.05) is 0 Å². The van der Waals surface area contributed by atoms with Crippen molar-refractivity contribution >= 4 is 23.7 Å². The van der Waals surface area contributed by atoms with E-state index in [9.17, 15) is 9.59 Å². The smallest absolute Gasteiger partial charge is 0.322 e. The number of carbonyl (C=O) groups excluding carboxylic acids is 1. The van der Waals surface area contributed by atoms with Crippen LogP contribution in [0.5, 0.6) is 0 Å². The fourth-order valence-electron chi connectivity index (χ4n) is 0.453. The SMILES string of the molecule is O=C(O)CNC(=O)[C@H](CO)NCl. The van der Waals surface area contributed by atoms with Gasteiger partial charge in [-0.2, -0.15) is 0 Å². The highest BCUT2D eigenvalue weighted by Gasteiger charge is 2.15. The van der Waals surface area contributed by atoms with Crippen molar-refractivity contribution in [2.75, 3.05) is 13.2 Å². The normalized spacial score (nSPS) is 12.2. The Hall–Kier alpha value is -0.850. The molecule has 0 aliphatic rings. The second kappa shape index (κ2) is 5.76. The van der Waals surface area contributed by atoms with E-state index in [0.29, 0.717) is 0 Å². The van der Waals surface area contributed by atoms with E-state index in [1.165, 1.54) is 0 Å². The molecule has 12 heavy (non-hydrogen) atoms. The van der Waals surface area contributed by atoms with Gasteiger partial charge < -0.3 is 15.5 Å². The summed E-state index contributed by atoms with van der Waals surface area (Å²) < 4.78 is 0.